The first-order valence-corrected chi connectivity index (χ1v) is 10.7. The monoisotopic (exact) mass is 499 g/mol. The van der Waals surface area contributed by atoms with Crippen molar-refractivity contribution in [3.63, 3.8) is 0 Å². The van der Waals surface area contributed by atoms with E-state index in [1.165, 1.54) is 30.2 Å². The fraction of sp³-hybridized carbons (Fsp3) is 0.435. The van der Waals surface area contributed by atoms with Crippen molar-refractivity contribution in [1.82, 2.24) is 9.88 Å². The van der Waals surface area contributed by atoms with E-state index < -0.39 is 47.1 Å². The standard InChI is InChI=1S/C23H25F4N3O5/c1-22(2,3)35-21(32)30-9-5-6-17(30)19(31)29-16-11-14(7-8-18(16)33-4)34-20-15(24)10-13(12-28-20)23(25,26)27/h7-8,10-12,17H,5-6,9H2,1-4H3,(H,29,31)/t17-/m0/s1. The van der Waals surface area contributed by atoms with E-state index >= 15 is 0 Å². The molecule has 2 amide bonds. The second kappa shape index (κ2) is 9.96. The Bertz CT molecular complexity index is 1100. The third-order valence-electron chi connectivity index (χ3n) is 4.96. The van der Waals surface area contributed by atoms with Gasteiger partial charge in [0.05, 0.1) is 18.4 Å². The number of ether oxygens (including phenoxy) is 3. The van der Waals surface area contributed by atoms with Gasteiger partial charge < -0.3 is 19.5 Å². The molecule has 0 spiro atoms. The minimum Gasteiger partial charge on any atom is -0.495 e. The van der Waals surface area contributed by atoms with Gasteiger partial charge in [-0.2, -0.15) is 13.2 Å². The van der Waals surface area contributed by atoms with E-state index in [0.29, 0.717) is 25.6 Å². The first-order valence-electron chi connectivity index (χ1n) is 10.7. The van der Waals surface area contributed by atoms with Crippen molar-refractivity contribution in [1.29, 1.82) is 0 Å². The van der Waals surface area contributed by atoms with Gasteiger partial charge in [-0.15, -0.1) is 0 Å². The molecule has 1 aromatic heterocycles. The molecule has 0 radical (unpaired) electrons. The van der Waals surface area contributed by atoms with Crippen LogP contribution in [-0.2, 0) is 15.7 Å². The number of aromatic nitrogens is 1. The summed E-state index contributed by atoms with van der Waals surface area (Å²) in [6, 6.07) is 3.60. The van der Waals surface area contributed by atoms with Gasteiger partial charge in [-0.3, -0.25) is 9.69 Å². The molecule has 1 saturated heterocycles. The molecular formula is C23H25F4N3O5. The minimum atomic E-state index is -4.75. The number of anilines is 1. The highest BCUT2D eigenvalue weighted by Crippen LogP contribution is 2.35. The summed E-state index contributed by atoms with van der Waals surface area (Å²) < 4.78 is 68.2. The zero-order chi connectivity index (χ0) is 26.0. The molecule has 1 aliphatic rings. The van der Waals surface area contributed by atoms with E-state index in [9.17, 15) is 27.2 Å². The Balaban J connectivity index is 1.78. The predicted octanol–water partition coefficient (Wildman–Crippen LogP) is 5.38. The van der Waals surface area contributed by atoms with Crippen LogP contribution >= 0.6 is 0 Å². The number of hydrogen-bond donors (Lipinski definition) is 1. The first-order chi connectivity index (χ1) is 16.3. The van der Waals surface area contributed by atoms with E-state index in [1.807, 2.05) is 0 Å². The Labute approximate surface area is 199 Å². The zero-order valence-corrected chi connectivity index (χ0v) is 19.5. The molecular weight excluding hydrogens is 474 g/mol. The van der Waals surface area contributed by atoms with E-state index in [2.05, 4.69) is 10.3 Å². The van der Waals surface area contributed by atoms with Crippen LogP contribution < -0.4 is 14.8 Å². The molecule has 2 aromatic rings. The maximum absolute atomic E-state index is 14.1. The summed E-state index contributed by atoms with van der Waals surface area (Å²) in [5, 5.41) is 2.66. The van der Waals surface area contributed by atoms with Gasteiger partial charge in [-0.1, -0.05) is 0 Å². The maximum atomic E-state index is 14.1. The average molecular weight is 499 g/mol. The normalized spacial score (nSPS) is 16.1. The number of hydrogen-bond acceptors (Lipinski definition) is 6. The quantitative estimate of drug-likeness (QED) is 0.556. The van der Waals surface area contributed by atoms with Gasteiger partial charge in [0.2, 0.25) is 5.91 Å². The molecule has 1 atom stereocenters. The number of amides is 2. The number of likely N-dealkylation sites (tertiary alicyclic amines) is 1. The topological polar surface area (TPSA) is 90.0 Å². The number of pyridine rings is 1. The fourth-order valence-corrected chi connectivity index (χ4v) is 3.41. The van der Waals surface area contributed by atoms with Crippen molar-refractivity contribution in [2.24, 2.45) is 0 Å². The molecule has 12 heteroatoms. The van der Waals surface area contributed by atoms with Crippen LogP contribution in [0.25, 0.3) is 0 Å². The highest BCUT2D eigenvalue weighted by molar-refractivity contribution is 5.98. The van der Waals surface area contributed by atoms with Gasteiger partial charge in [-0.25, -0.2) is 14.2 Å². The number of methoxy groups -OCH3 is 1. The lowest BCUT2D eigenvalue weighted by atomic mass is 10.2. The smallest absolute Gasteiger partial charge is 0.417 e. The number of nitrogens with zero attached hydrogens (tertiary/aromatic N) is 2. The van der Waals surface area contributed by atoms with Crippen LogP contribution in [0.15, 0.2) is 30.5 Å². The van der Waals surface area contributed by atoms with Crippen LogP contribution in [-0.4, -0.2) is 47.2 Å². The Kier molecular flexibility index (Phi) is 7.41. The van der Waals surface area contributed by atoms with Crippen LogP contribution in [0.4, 0.5) is 28.0 Å². The van der Waals surface area contributed by atoms with Crippen LogP contribution in [0.3, 0.4) is 0 Å². The third-order valence-corrected chi connectivity index (χ3v) is 4.96. The van der Waals surface area contributed by atoms with Gasteiger partial charge in [0.25, 0.3) is 5.88 Å². The summed E-state index contributed by atoms with van der Waals surface area (Å²) in [5.41, 5.74) is -1.83. The van der Waals surface area contributed by atoms with Gasteiger partial charge in [0.15, 0.2) is 5.82 Å². The highest BCUT2D eigenvalue weighted by atomic mass is 19.4. The summed E-state index contributed by atoms with van der Waals surface area (Å²) in [5.74, 6) is -2.24. The summed E-state index contributed by atoms with van der Waals surface area (Å²) >= 11 is 0. The lowest BCUT2D eigenvalue weighted by Crippen LogP contribution is -2.45. The maximum Gasteiger partial charge on any atom is 0.417 e. The van der Waals surface area contributed by atoms with Gasteiger partial charge in [0.1, 0.15) is 23.1 Å². The number of carbonyl (C=O) groups excluding carboxylic acids is 2. The largest absolute Gasteiger partial charge is 0.495 e. The molecule has 35 heavy (non-hydrogen) atoms. The molecule has 0 saturated carbocycles. The molecule has 3 rings (SSSR count). The first kappa shape index (κ1) is 26.0. The highest BCUT2D eigenvalue weighted by Gasteiger charge is 2.37. The van der Waals surface area contributed by atoms with E-state index in [4.69, 9.17) is 14.2 Å². The molecule has 1 fully saturated rings. The SMILES string of the molecule is COc1ccc(Oc2ncc(C(F)(F)F)cc2F)cc1NC(=O)[C@@H]1CCCN1C(=O)OC(C)(C)C. The number of alkyl halides is 3. The molecule has 1 N–H and O–H groups in total. The average Bonchev–Trinajstić information content (AvgIpc) is 3.24. The van der Waals surface area contributed by atoms with E-state index in [1.54, 1.807) is 20.8 Å². The third kappa shape index (κ3) is 6.52. The van der Waals surface area contributed by atoms with Crippen molar-refractivity contribution >= 4 is 17.7 Å². The molecule has 2 heterocycles. The zero-order valence-electron chi connectivity index (χ0n) is 19.5. The van der Waals surface area contributed by atoms with Crippen LogP contribution in [0.5, 0.6) is 17.4 Å². The Hall–Kier alpha value is -3.57. The lowest BCUT2D eigenvalue weighted by Gasteiger charge is -2.28. The van der Waals surface area contributed by atoms with E-state index in [-0.39, 0.29) is 23.3 Å². The van der Waals surface area contributed by atoms with Gasteiger partial charge in [-0.05, 0) is 51.8 Å². The van der Waals surface area contributed by atoms with Crippen LogP contribution in [0, 0.1) is 5.82 Å². The molecule has 0 aliphatic carbocycles. The number of benzene rings is 1. The van der Waals surface area contributed by atoms with Crippen LogP contribution in [0.2, 0.25) is 0 Å². The molecule has 8 nitrogen and oxygen atoms in total. The molecule has 0 bridgehead atoms. The summed E-state index contributed by atoms with van der Waals surface area (Å²) in [6.07, 6.45) is -3.88. The predicted molar refractivity (Wildman–Crippen MR) is 117 cm³/mol. The summed E-state index contributed by atoms with van der Waals surface area (Å²) in [6.45, 7) is 5.52. The number of halogens is 4. The Morgan fingerprint density at radius 3 is 2.49 bits per heavy atom. The van der Waals surface area contributed by atoms with Gasteiger partial charge in [0, 0.05) is 18.8 Å². The molecule has 0 unspecified atom stereocenters. The number of nitrogens with one attached hydrogen (secondary N) is 1. The lowest BCUT2D eigenvalue weighted by molar-refractivity contribution is -0.138. The minimum absolute atomic E-state index is 0.0114. The van der Waals surface area contributed by atoms with Gasteiger partial charge >= 0.3 is 12.3 Å². The van der Waals surface area contributed by atoms with Crippen molar-refractivity contribution in [2.45, 2.75) is 51.4 Å². The van der Waals surface area contributed by atoms with Crippen molar-refractivity contribution < 1.29 is 41.4 Å². The van der Waals surface area contributed by atoms with Crippen molar-refractivity contribution in [3.8, 4) is 17.4 Å². The molecule has 1 aliphatic heterocycles. The fourth-order valence-electron chi connectivity index (χ4n) is 3.41. The van der Waals surface area contributed by atoms with Crippen molar-refractivity contribution in [2.75, 3.05) is 19.0 Å². The van der Waals surface area contributed by atoms with Crippen LogP contribution in [0.1, 0.15) is 39.2 Å². The summed E-state index contributed by atoms with van der Waals surface area (Å²) in [4.78, 5) is 30.2. The Morgan fingerprint density at radius 2 is 1.89 bits per heavy atom. The number of rotatable bonds is 5. The second-order valence-corrected chi connectivity index (χ2v) is 8.79. The molecule has 190 valence electrons. The summed E-state index contributed by atoms with van der Waals surface area (Å²) in [7, 11) is 1.37. The Morgan fingerprint density at radius 1 is 1.17 bits per heavy atom. The van der Waals surface area contributed by atoms with Crippen molar-refractivity contribution in [3.05, 3.63) is 41.8 Å². The number of carbonyl (C=O) groups is 2. The second-order valence-electron chi connectivity index (χ2n) is 8.79. The van der Waals surface area contributed by atoms with E-state index in [0.717, 1.165) is 0 Å². The molecule has 1 aromatic carbocycles.